The summed E-state index contributed by atoms with van der Waals surface area (Å²) in [5.74, 6) is -5.50. The Labute approximate surface area is 148 Å². The summed E-state index contributed by atoms with van der Waals surface area (Å²) in [6, 6.07) is 5.33. The van der Waals surface area contributed by atoms with Gasteiger partial charge in [0, 0.05) is 6.54 Å². The minimum atomic E-state index is -1.66. The van der Waals surface area contributed by atoms with Crippen molar-refractivity contribution >= 4 is 11.6 Å². The molecule has 1 atom stereocenters. The number of hydrogen-bond acceptors (Lipinski definition) is 3. The molecule has 26 heavy (non-hydrogen) atoms. The Balaban J connectivity index is 2.05. The van der Waals surface area contributed by atoms with Crippen LogP contribution in [0.2, 0.25) is 0 Å². The summed E-state index contributed by atoms with van der Waals surface area (Å²) in [6.07, 6.45) is 0. The summed E-state index contributed by atoms with van der Waals surface area (Å²) in [6.45, 7) is 1.78. The molecule has 0 saturated heterocycles. The first kappa shape index (κ1) is 19.7. The highest BCUT2D eigenvalue weighted by Crippen LogP contribution is 2.21. The van der Waals surface area contributed by atoms with E-state index >= 15 is 0 Å². The van der Waals surface area contributed by atoms with E-state index in [1.165, 1.54) is 19.2 Å². The number of amides is 1. The first-order valence-corrected chi connectivity index (χ1v) is 7.71. The summed E-state index contributed by atoms with van der Waals surface area (Å²) >= 11 is 0. The molecule has 0 saturated carbocycles. The minimum Gasteiger partial charge on any atom is -0.494 e. The van der Waals surface area contributed by atoms with Crippen LogP contribution in [0.5, 0.6) is 5.75 Å². The number of rotatable bonds is 6. The normalized spacial score (nSPS) is 12.2. The Kier molecular flexibility index (Phi) is 6.20. The molecule has 8 heteroatoms. The van der Waals surface area contributed by atoms with Crippen LogP contribution in [0, 0.1) is 23.3 Å². The van der Waals surface area contributed by atoms with Gasteiger partial charge in [-0.05, 0) is 43.8 Å². The van der Waals surface area contributed by atoms with E-state index in [1.807, 2.05) is 0 Å². The highest BCUT2D eigenvalue weighted by atomic mass is 19.2. The van der Waals surface area contributed by atoms with Crippen LogP contribution in [-0.2, 0) is 11.3 Å². The number of hydrogen-bond donors (Lipinski definition) is 1. The second kappa shape index (κ2) is 8.18. The second-order valence-electron chi connectivity index (χ2n) is 5.77. The van der Waals surface area contributed by atoms with Gasteiger partial charge in [-0.25, -0.2) is 17.6 Å². The van der Waals surface area contributed by atoms with E-state index in [1.54, 1.807) is 24.9 Å². The molecule has 0 aliphatic heterocycles. The Morgan fingerprint density at radius 3 is 2.42 bits per heavy atom. The standard InChI is InChI=1S/C18H18F4N2O2/c1-10(18(25)23-14-6-5-12(19)16(21)17(14)22)24(2)9-11-4-7-15(26-3)13(20)8-11/h4-8,10H,9H2,1-3H3,(H,23,25). The molecule has 2 rings (SSSR count). The van der Waals surface area contributed by atoms with Gasteiger partial charge in [0.05, 0.1) is 18.8 Å². The summed E-state index contributed by atoms with van der Waals surface area (Å²) in [4.78, 5) is 13.8. The number of likely N-dealkylation sites (N-methyl/N-ethyl adjacent to an activating group) is 1. The maximum absolute atomic E-state index is 13.7. The van der Waals surface area contributed by atoms with E-state index in [0.717, 1.165) is 12.1 Å². The van der Waals surface area contributed by atoms with Crippen molar-refractivity contribution in [2.75, 3.05) is 19.5 Å². The lowest BCUT2D eigenvalue weighted by atomic mass is 10.1. The number of halogens is 4. The highest BCUT2D eigenvalue weighted by molar-refractivity contribution is 5.94. The van der Waals surface area contributed by atoms with Crippen LogP contribution in [0.4, 0.5) is 23.2 Å². The van der Waals surface area contributed by atoms with E-state index in [2.05, 4.69) is 5.32 Å². The Bertz CT molecular complexity index is 814. The van der Waals surface area contributed by atoms with Gasteiger partial charge in [0.2, 0.25) is 5.91 Å². The molecule has 0 fully saturated rings. The van der Waals surface area contributed by atoms with Crippen molar-refractivity contribution in [1.82, 2.24) is 4.90 Å². The molecule has 2 aromatic rings. The van der Waals surface area contributed by atoms with E-state index in [-0.39, 0.29) is 12.3 Å². The third kappa shape index (κ3) is 4.32. The number of nitrogens with zero attached hydrogens (tertiary/aromatic N) is 1. The van der Waals surface area contributed by atoms with Crippen molar-refractivity contribution in [3.63, 3.8) is 0 Å². The van der Waals surface area contributed by atoms with Crippen LogP contribution >= 0.6 is 0 Å². The molecule has 4 nitrogen and oxygen atoms in total. The van der Waals surface area contributed by atoms with Gasteiger partial charge < -0.3 is 10.1 Å². The predicted octanol–water partition coefficient (Wildman–Crippen LogP) is 3.71. The molecule has 0 bridgehead atoms. The fourth-order valence-electron chi connectivity index (χ4n) is 2.29. The zero-order valence-corrected chi connectivity index (χ0v) is 14.4. The lowest BCUT2D eigenvalue weighted by Crippen LogP contribution is -2.39. The van der Waals surface area contributed by atoms with Crippen molar-refractivity contribution in [3.8, 4) is 5.75 Å². The molecule has 0 aliphatic rings. The van der Waals surface area contributed by atoms with Gasteiger partial charge in [-0.3, -0.25) is 9.69 Å². The van der Waals surface area contributed by atoms with E-state index < -0.39 is 40.9 Å². The number of nitrogens with one attached hydrogen (secondary N) is 1. The van der Waals surface area contributed by atoms with Crippen LogP contribution in [-0.4, -0.2) is 31.0 Å². The smallest absolute Gasteiger partial charge is 0.241 e. The number of benzene rings is 2. The molecule has 2 aromatic carbocycles. The Hall–Kier alpha value is -2.61. The molecule has 0 aromatic heterocycles. The molecule has 1 N–H and O–H groups in total. The van der Waals surface area contributed by atoms with Crippen molar-refractivity contribution in [2.24, 2.45) is 0 Å². The number of carbonyl (C=O) groups is 1. The zero-order chi connectivity index (χ0) is 19.4. The fraction of sp³-hybridized carbons (Fsp3) is 0.278. The Morgan fingerprint density at radius 2 is 1.81 bits per heavy atom. The number of ether oxygens (including phenoxy) is 1. The van der Waals surface area contributed by atoms with Crippen molar-refractivity contribution in [3.05, 3.63) is 59.2 Å². The van der Waals surface area contributed by atoms with Gasteiger partial charge in [0.25, 0.3) is 0 Å². The van der Waals surface area contributed by atoms with Crippen molar-refractivity contribution < 1.29 is 27.1 Å². The van der Waals surface area contributed by atoms with Crippen molar-refractivity contribution in [1.29, 1.82) is 0 Å². The van der Waals surface area contributed by atoms with Crippen LogP contribution < -0.4 is 10.1 Å². The van der Waals surface area contributed by atoms with E-state index in [9.17, 15) is 22.4 Å². The highest BCUT2D eigenvalue weighted by Gasteiger charge is 2.21. The van der Waals surface area contributed by atoms with Gasteiger partial charge >= 0.3 is 0 Å². The molecule has 140 valence electrons. The zero-order valence-electron chi connectivity index (χ0n) is 14.4. The summed E-state index contributed by atoms with van der Waals surface area (Å²) in [5.41, 5.74) is 0.147. The third-order valence-corrected chi connectivity index (χ3v) is 3.98. The summed E-state index contributed by atoms with van der Waals surface area (Å²) in [5, 5.41) is 2.22. The SMILES string of the molecule is COc1ccc(CN(C)C(C)C(=O)Nc2ccc(F)c(F)c2F)cc1F. The topological polar surface area (TPSA) is 41.6 Å². The van der Waals surface area contributed by atoms with Crippen LogP contribution in [0.1, 0.15) is 12.5 Å². The maximum atomic E-state index is 13.7. The largest absolute Gasteiger partial charge is 0.494 e. The lowest BCUT2D eigenvalue weighted by Gasteiger charge is -2.24. The first-order chi connectivity index (χ1) is 12.2. The average molecular weight is 370 g/mol. The lowest BCUT2D eigenvalue weighted by molar-refractivity contribution is -0.120. The fourth-order valence-corrected chi connectivity index (χ4v) is 2.29. The van der Waals surface area contributed by atoms with Gasteiger partial charge in [0.1, 0.15) is 0 Å². The van der Waals surface area contributed by atoms with Gasteiger partial charge in [-0.2, -0.15) is 0 Å². The molecular weight excluding hydrogens is 352 g/mol. The molecule has 0 heterocycles. The monoisotopic (exact) mass is 370 g/mol. The number of anilines is 1. The molecule has 0 aliphatic carbocycles. The average Bonchev–Trinajstić information content (AvgIpc) is 2.61. The molecular formula is C18H18F4N2O2. The minimum absolute atomic E-state index is 0.107. The number of methoxy groups -OCH3 is 1. The van der Waals surface area contributed by atoms with Gasteiger partial charge in [-0.1, -0.05) is 6.07 Å². The van der Waals surface area contributed by atoms with Crippen LogP contribution in [0.25, 0.3) is 0 Å². The quantitative estimate of drug-likeness (QED) is 0.623. The van der Waals surface area contributed by atoms with Crippen LogP contribution in [0.3, 0.4) is 0 Å². The number of carbonyl (C=O) groups excluding carboxylic acids is 1. The predicted molar refractivity (Wildman–Crippen MR) is 88.8 cm³/mol. The van der Waals surface area contributed by atoms with Gasteiger partial charge in [-0.15, -0.1) is 0 Å². The molecule has 1 unspecified atom stereocenters. The third-order valence-electron chi connectivity index (χ3n) is 3.98. The molecule has 1 amide bonds. The molecule has 0 radical (unpaired) electrons. The first-order valence-electron chi connectivity index (χ1n) is 7.71. The van der Waals surface area contributed by atoms with Crippen LogP contribution in [0.15, 0.2) is 30.3 Å². The maximum Gasteiger partial charge on any atom is 0.241 e. The van der Waals surface area contributed by atoms with E-state index in [0.29, 0.717) is 5.56 Å². The van der Waals surface area contributed by atoms with E-state index in [4.69, 9.17) is 4.74 Å². The van der Waals surface area contributed by atoms with Gasteiger partial charge in [0.15, 0.2) is 29.0 Å². The summed E-state index contributed by atoms with van der Waals surface area (Å²) in [7, 11) is 2.97. The second-order valence-corrected chi connectivity index (χ2v) is 5.77. The Morgan fingerprint density at radius 1 is 1.12 bits per heavy atom. The summed E-state index contributed by atoms with van der Waals surface area (Å²) < 4.78 is 58.4. The molecule has 0 spiro atoms. The van der Waals surface area contributed by atoms with Crippen molar-refractivity contribution in [2.45, 2.75) is 19.5 Å².